The molecule has 3 amide bonds. The molecule has 0 aliphatic carbocycles. The maximum Gasteiger partial charge on any atom is 0.321 e. The minimum atomic E-state index is -0.464. The van der Waals surface area contributed by atoms with Gasteiger partial charge in [0.15, 0.2) is 0 Å². The number of imide groups is 1. The second-order valence-corrected chi connectivity index (χ2v) is 8.65. The molecule has 0 spiro atoms. The van der Waals surface area contributed by atoms with E-state index in [1.54, 1.807) is 11.3 Å². The van der Waals surface area contributed by atoms with E-state index in [1.807, 2.05) is 43.3 Å². The maximum absolute atomic E-state index is 12.4. The van der Waals surface area contributed by atoms with Crippen molar-refractivity contribution in [3.05, 3.63) is 57.2 Å². The van der Waals surface area contributed by atoms with Crippen LogP contribution in [0.5, 0.6) is 0 Å². The second-order valence-electron chi connectivity index (χ2n) is 6.85. The third-order valence-electron chi connectivity index (χ3n) is 4.87. The zero-order valence-electron chi connectivity index (χ0n) is 15.9. The van der Waals surface area contributed by atoms with Crippen molar-refractivity contribution in [3.63, 3.8) is 0 Å². The largest absolute Gasteiger partial charge is 0.334 e. The molecule has 1 aliphatic heterocycles. The van der Waals surface area contributed by atoms with Crippen LogP contribution in [-0.4, -0.2) is 54.0 Å². The monoisotopic (exact) mass is 420 g/mol. The SMILES string of the molecule is CC(C(=O)NC(=O)NCc1ccccc1)N1CCN(Cc2ccc(Cl)s2)CC1. The standard InChI is InChI=1S/C20H25ClN4O2S/c1-15(19(26)23-20(27)22-13-16-5-3-2-4-6-16)25-11-9-24(10-12-25)14-17-7-8-18(21)28-17/h2-8,15H,9-14H2,1H3,(H2,22,23,26,27). The molecule has 1 aromatic carbocycles. The van der Waals surface area contributed by atoms with Crippen LogP contribution in [0.2, 0.25) is 4.34 Å². The van der Waals surface area contributed by atoms with Gasteiger partial charge in [-0.2, -0.15) is 0 Å². The summed E-state index contributed by atoms with van der Waals surface area (Å²) in [5.74, 6) is -0.274. The van der Waals surface area contributed by atoms with Crippen LogP contribution in [-0.2, 0) is 17.9 Å². The topological polar surface area (TPSA) is 64.7 Å². The number of hydrogen-bond donors (Lipinski definition) is 2. The predicted octanol–water partition coefficient (Wildman–Crippen LogP) is 2.93. The summed E-state index contributed by atoms with van der Waals surface area (Å²) in [6.45, 7) is 6.46. The van der Waals surface area contributed by atoms with E-state index in [4.69, 9.17) is 11.6 Å². The minimum Gasteiger partial charge on any atom is -0.334 e. The molecule has 2 N–H and O–H groups in total. The second kappa shape index (κ2) is 10.0. The minimum absolute atomic E-state index is 0.274. The summed E-state index contributed by atoms with van der Waals surface area (Å²) >= 11 is 7.60. The normalized spacial score (nSPS) is 16.5. The zero-order valence-corrected chi connectivity index (χ0v) is 17.4. The van der Waals surface area contributed by atoms with E-state index in [-0.39, 0.29) is 11.9 Å². The van der Waals surface area contributed by atoms with Crippen molar-refractivity contribution in [1.29, 1.82) is 0 Å². The molecule has 3 rings (SSSR count). The number of piperazine rings is 1. The van der Waals surface area contributed by atoms with Crippen LogP contribution in [0.15, 0.2) is 42.5 Å². The number of rotatable bonds is 6. The number of carbonyl (C=O) groups is 2. The first-order chi connectivity index (χ1) is 13.5. The van der Waals surface area contributed by atoms with Crippen molar-refractivity contribution < 1.29 is 9.59 Å². The van der Waals surface area contributed by atoms with Gasteiger partial charge >= 0.3 is 6.03 Å². The highest BCUT2D eigenvalue weighted by atomic mass is 35.5. The molecular weight excluding hydrogens is 396 g/mol. The lowest BCUT2D eigenvalue weighted by atomic mass is 10.2. The van der Waals surface area contributed by atoms with Crippen LogP contribution in [0.25, 0.3) is 0 Å². The smallest absolute Gasteiger partial charge is 0.321 e. The maximum atomic E-state index is 12.4. The first kappa shape index (κ1) is 20.8. The molecule has 1 atom stereocenters. The lowest BCUT2D eigenvalue weighted by Crippen LogP contribution is -2.55. The molecule has 0 bridgehead atoms. The summed E-state index contributed by atoms with van der Waals surface area (Å²) < 4.78 is 0.810. The number of amides is 3. The molecule has 28 heavy (non-hydrogen) atoms. The fourth-order valence-electron chi connectivity index (χ4n) is 3.17. The Morgan fingerprint density at radius 2 is 1.82 bits per heavy atom. The molecule has 150 valence electrons. The van der Waals surface area contributed by atoms with E-state index in [0.717, 1.165) is 42.6 Å². The number of benzene rings is 1. The van der Waals surface area contributed by atoms with E-state index < -0.39 is 6.03 Å². The molecule has 1 fully saturated rings. The number of hydrogen-bond acceptors (Lipinski definition) is 5. The highest BCUT2D eigenvalue weighted by Gasteiger charge is 2.26. The Hall–Kier alpha value is -1.93. The molecule has 8 heteroatoms. The molecule has 0 saturated carbocycles. The zero-order chi connectivity index (χ0) is 19.9. The van der Waals surface area contributed by atoms with Gasteiger partial charge in [0, 0.05) is 44.1 Å². The molecule has 1 aliphatic rings. The highest BCUT2D eigenvalue weighted by molar-refractivity contribution is 7.16. The Bertz CT molecular complexity index is 791. The van der Waals surface area contributed by atoms with Gasteiger partial charge in [-0.1, -0.05) is 41.9 Å². The van der Waals surface area contributed by atoms with Crippen LogP contribution < -0.4 is 10.6 Å². The summed E-state index contributed by atoms with van der Waals surface area (Å²) in [5, 5.41) is 5.16. The fourth-order valence-corrected chi connectivity index (χ4v) is 4.30. The number of thiophene rings is 1. The van der Waals surface area contributed by atoms with Crippen LogP contribution in [0.1, 0.15) is 17.4 Å². The van der Waals surface area contributed by atoms with E-state index in [2.05, 4.69) is 26.5 Å². The van der Waals surface area contributed by atoms with Gasteiger partial charge < -0.3 is 5.32 Å². The van der Waals surface area contributed by atoms with Gasteiger partial charge in [0.25, 0.3) is 0 Å². The number of halogens is 1. The Labute approximate surface area is 174 Å². The molecular formula is C20H25ClN4O2S. The van der Waals surface area contributed by atoms with Gasteiger partial charge in [0.2, 0.25) is 5.91 Å². The summed E-state index contributed by atoms with van der Waals surface area (Å²) in [5.41, 5.74) is 0.987. The lowest BCUT2D eigenvalue weighted by molar-refractivity contribution is -0.125. The molecule has 2 heterocycles. The Kier molecular flexibility index (Phi) is 7.44. The number of nitrogens with one attached hydrogen (secondary N) is 2. The van der Waals surface area contributed by atoms with Gasteiger partial charge in [-0.25, -0.2) is 4.79 Å². The number of nitrogens with zero attached hydrogens (tertiary/aromatic N) is 2. The Morgan fingerprint density at radius 3 is 2.46 bits per heavy atom. The third-order valence-corrected chi connectivity index (χ3v) is 6.09. The summed E-state index contributed by atoms with van der Waals surface area (Å²) in [7, 11) is 0. The van der Waals surface area contributed by atoms with E-state index in [0.29, 0.717) is 6.54 Å². The van der Waals surface area contributed by atoms with Crippen LogP contribution >= 0.6 is 22.9 Å². The highest BCUT2D eigenvalue weighted by Crippen LogP contribution is 2.23. The first-order valence-corrected chi connectivity index (χ1v) is 10.5. The van der Waals surface area contributed by atoms with Crippen molar-refractivity contribution >= 4 is 34.9 Å². The summed E-state index contributed by atoms with van der Waals surface area (Å²) in [4.78, 5) is 30.1. The van der Waals surface area contributed by atoms with Crippen molar-refractivity contribution in [2.45, 2.75) is 26.1 Å². The van der Waals surface area contributed by atoms with Crippen LogP contribution in [0, 0.1) is 0 Å². The quantitative estimate of drug-likeness (QED) is 0.754. The van der Waals surface area contributed by atoms with E-state index >= 15 is 0 Å². The van der Waals surface area contributed by atoms with E-state index in [1.165, 1.54) is 4.88 Å². The van der Waals surface area contributed by atoms with Gasteiger partial charge in [-0.3, -0.25) is 19.9 Å². The summed E-state index contributed by atoms with van der Waals surface area (Å²) in [6.07, 6.45) is 0. The van der Waals surface area contributed by atoms with Crippen molar-refractivity contribution in [2.75, 3.05) is 26.2 Å². The molecule has 1 unspecified atom stereocenters. The lowest BCUT2D eigenvalue weighted by Gasteiger charge is -2.37. The van der Waals surface area contributed by atoms with Crippen molar-refractivity contribution in [2.24, 2.45) is 0 Å². The fraction of sp³-hybridized carbons (Fsp3) is 0.400. The average Bonchev–Trinajstić information content (AvgIpc) is 3.12. The first-order valence-electron chi connectivity index (χ1n) is 9.34. The van der Waals surface area contributed by atoms with Crippen LogP contribution in [0.3, 0.4) is 0 Å². The molecule has 1 aromatic heterocycles. The molecule has 2 aromatic rings. The number of urea groups is 1. The molecule has 0 radical (unpaired) electrons. The summed E-state index contributed by atoms with van der Waals surface area (Å²) in [6, 6.07) is 12.8. The number of carbonyl (C=O) groups excluding carboxylic acids is 2. The van der Waals surface area contributed by atoms with Gasteiger partial charge in [0.1, 0.15) is 0 Å². The van der Waals surface area contributed by atoms with Gasteiger partial charge in [0.05, 0.1) is 10.4 Å². The molecule has 6 nitrogen and oxygen atoms in total. The van der Waals surface area contributed by atoms with Crippen molar-refractivity contribution in [1.82, 2.24) is 20.4 Å². The predicted molar refractivity (Wildman–Crippen MR) is 112 cm³/mol. The third kappa shape index (κ3) is 6.04. The van der Waals surface area contributed by atoms with Crippen LogP contribution in [0.4, 0.5) is 4.79 Å². The molecule has 1 saturated heterocycles. The van der Waals surface area contributed by atoms with Crippen molar-refractivity contribution in [3.8, 4) is 0 Å². The average molecular weight is 421 g/mol. The Morgan fingerprint density at radius 1 is 1.11 bits per heavy atom. The van der Waals surface area contributed by atoms with E-state index in [9.17, 15) is 9.59 Å². The van der Waals surface area contributed by atoms with Gasteiger partial charge in [-0.05, 0) is 24.6 Å². The Balaban J connectivity index is 1.39. The van der Waals surface area contributed by atoms with Gasteiger partial charge in [-0.15, -0.1) is 11.3 Å².